The van der Waals surface area contributed by atoms with E-state index in [0.29, 0.717) is 5.56 Å². The van der Waals surface area contributed by atoms with Crippen molar-refractivity contribution in [2.24, 2.45) is 7.05 Å². The molecule has 3 aromatic heterocycles. The minimum atomic E-state index is 0.552. The van der Waals surface area contributed by atoms with E-state index in [1.807, 2.05) is 29.0 Å². The van der Waals surface area contributed by atoms with E-state index in [1.54, 1.807) is 24.1 Å². The van der Waals surface area contributed by atoms with Crippen LogP contribution in [0, 0.1) is 0 Å². The number of carbonyl (C=O) groups is 1. The second-order valence-corrected chi connectivity index (χ2v) is 3.77. The predicted octanol–water partition coefficient (Wildman–Crippen LogP) is 1.57. The largest absolute Gasteiger partial charge is 0.298 e. The lowest BCUT2D eigenvalue weighted by atomic mass is 10.3. The Kier molecular flexibility index (Phi) is 2.04. The molecule has 0 atom stereocenters. The Balaban J connectivity index is 2.34. The molecule has 0 unspecified atom stereocenters. The highest BCUT2D eigenvalue weighted by Crippen LogP contribution is 2.19. The highest BCUT2D eigenvalue weighted by molar-refractivity contribution is 5.83. The molecular formula is C12H10N4O. The van der Waals surface area contributed by atoms with Crippen LogP contribution in [0.5, 0.6) is 0 Å². The van der Waals surface area contributed by atoms with Crippen LogP contribution in [0.2, 0.25) is 0 Å². The molecule has 0 radical (unpaired) electrons. The standard InChI is InChI=1S/C12H10N4O/c1-15-12(10(8-17)7-14-15)16-6-4-9-3-2-5-13-11(9)16/h2-8H,1H3. The SMILES string of the molecule is Cn1ncc(C=O)c1-n1ccc2cccnc21. The Morgan fingerprint density at radius 1 is 1.35 bits per heavy atom. The first-order chi connectivity index (χ1) is 8.31. The molecule has 0 saturated heterocycles. The Morgan fingerprint density at radius 2 is 2.24 bits per heavy atom. The summed E-state index contributed by atoms with van der Waals surface area (Å²) in [5, 5.41) is 5.12. The maximum absolute atomic E-state index is 11.0. The van der Waals surface area contributed by atoms with Gasteiger partial charge in [-0.25, -0.2) is 4.98 Å². The molecule has 5 heteroatoms. The first kappa shape index (κ1) is 9.77. The van der Waals surface area contributed by atoms with Crippen LogP contribution in [-0.4, -0.2) is 25.6 Å². The third kappa shape index (κ3) is 1.36. The van der Waals surface area contributed by atoms with Gasteiger partial charge in [0.1, 0.15) is 11.5 Å². The van der Waals surface area contributed by atoms with Gasteiger partial charge in [0.25, 0.3) is 0 Å². The van der Waals surface area contributed by atoms with Crippen molar-refractivity contribution >= 4 is 17.3 Å². The van der Waals surface area contributed by atoms with Crippen LogP contribution in [0.3, 0.4) is 0 Å². The fourth-order valence-electron chi connectivity index (χ4n) is 1.96. The first-order valence-electron chi connectivity index (χ1n) is 5.21. The van der Waals surface area contributed by atoms with Crippen molar-refractivity contribution in [2.45, 2.75) is 0 Å². The molecule has 3 heterocycles. The summed E-state index contributed by atoms with van der Waals surface area (Å²) in [4.78, 5) is 15.3. The number of hydrogen-bond donors (Lipinski definition) is 0. The average Bonchev–Trinajstić information content (AvgIpc) is 2.92. The highest BCUT2D eigenvalue weighted by atomic mass is 16.1. The quantitative estimate of drug-likeness (QED) is 0.623. The number of nitrogens with zero attached hydrogens (tertiary/aromatic N) is 4. The number of pyridine rings is 1. The van der Waals surface area contributed by atoms with Gasteiger partial charge >= 0.3 is 0 Å². The fourth-order valence-corrected chi connectivity index (χ4v) is 1.96. The monoisotopic (exact) mass is 226 g/mol. The van der Waals surface area contributed by atoms with Crippen molar-refractivity contribution in [3.05, 3.63) is 42.4 Å². The number of hydrogen-bond acceptors (Lipinski definition) is 3. The number of aldehydes is 1. The molecule has 0 saturated carbocycles. The van der Waals surface area contributed by atoms with Crippen LogP contribution in [0.25, 0.3) is 16.9 Å². The molecule has 3 aromatic rings. The third-order valence-electron chi connectivity index (χ3n) is 2.74. The van der Waals surface area contributed by atoms with E-state index in [0.717, 1.165) is 23.1 Å². The molecule has 0 fully saturated rings. The number of carbonyl (C=O) groups excluding carboxylic acids is 1. The molecular weight excluding hydrogens is 216 g/mol. The first-order valence-corrected chi connectivity index (χ1v) is 5.21. The molecule has 0 spiro atoms. The second kappa shape index (κ2) is 3.55. The summed E-state index contributed by atoms with van der Waals surface area (Å²) in [5.74, 6) is 0.730. The molecule has 0 amide bonds. The van der Waals surface area contributed by atoms with Gasteiger partial charge in [-0.15, -0.1) is 0 Å². The van der Waals surface area contributed by atoms with Gasteiger partial charge in [0.2, 0.25) is 0 Å². The van der Waals surface area contributed by atoms with Gasteiger partial charge in [0, 0.05) is 24.8 Å². The minimum absolute atomic E-state index is 0.552. The van der Waals surface area contributed by atoms with Crippen LogP contribution in [0.15, 0.2) is 36.8 Å². The van der Waals surface area contributed by atoms with Gasteiger partial charge < -0.3 is 0 Å². The van der Waals surface area contributed by atoms with E-state index in [1.165, 1.54) is 0 Å². The number of aryl methyl sites for hydroxylation is 1. The summed E-state index contributed by atoms with van der Waals surface area (Å²) >= 11 is 0. The summed E-state index contributed by atoms with van der Waals surface area (Å²) in [6, 6.07) is 5.83. The van der Waals surface area contributed by atoms with Crippen molar-refractivity contribution in [1.29, 1.82) is 0 Å². The normalized spacial score (nSPS) is 10.9. The van der Waals surface area contributed by atoms with Crippen molar-refractivity contribution in [2.75, 3.05) is 0 Å². The maximum atomic E-state index is 11.0. The van der Waals surface area contributed by atoms with Crippen molar-refractivity contribution in [1.82, 2.24) is 19.3 Å². The number of rotatable bonds is 2. The zero-order chi connectivity index (χ0) is 11.8. The smallest absolute Gasteiger partial charge is 0.155 e. The van der Waals surface area contributed by atoms with Crippen molar-refractivity contribution in [3.63, 3.8) is 0 Å². The van der Waals surface area contributed by atoms with E-state index >= 15 is 0 Å². The van der Waals surface area contributed by atoms with Gasteiger partial charge in [0.05, 0.1) is 11.8 Å². The molecule has 0 N–H and O–H groups in total. The van der Waals surface area contributed by atoms with Crippen LogP contribution in [0.1, 0.15) is 10.4 Å². The summed E-state index contributed by atoms with van der Waals surface area (Å²) in [6.07, 6.45) is 5.98. The number of fused-ring (bicyclic) bond motifs is 1. The van der Waals surface area contributed by atoms with Gasteiger partial charge in [-0.05, 0) is 18.2 Å². The fraction of sp³-hybridized carbons (Fsp3) is 0.0833. The maximum Gasteiger partial charge on any atom is 0.155 e. The summed E-state index contributed by atoms with van der Waals surface area (Å²) in [5.41, 5.74) is 1.37. The Hall–Kier alpha value is -2.43. The molecule has 0 aliphatic rings. The van der Waals surface area contributed by atoms with Gasteiger partial charge in [-0.1, -0.05) is 0 Å². The highest BCUT2D eigenvalue weighted by Gasteiger charge is 2.12. The lowest BCUT2D eigenvalue weighted by Gasteiger charge is -2.05. The van der Waals surface area contributed by atoms with E-state index in [9.17, 15) is 4.79 Å². The Bertz CT molecular complexity index is 695. The molecule has 0 aliphatic heterocycles. The van der Waals surface area contributed by atoms with Gasteiger partial charge in [-0.3, -0.25) is 14.0 Å². The molecule has 0 aromatic carbocycles. The molecule has 3 rings (SSSR count). The zero-order valence-corrected chi connectivity index (χ0v) is 9.24. The minimum Gasteiger partial charge on any atom is -0.298 e. The van der Waals surface area contributed by atoms with Gasteiger partial charge in [0.15, 0.2) is 6.29 Å². The summed E-state index contributed by atoms with van der Waals surface area (Å²) in [7, 11) is 1.80. The molecule has 17 heavy (non-hydrogen) atoms. The van der Waals surface area contributed by atoms with Crippen LogP contribution < -0.4 is 0 Å². The molecule has 0 bridgehead atoms. The van der Waals surface area contributed by atoms with Crippen molar-refractivity contribution < 1.29 is 4.79 Å². The lowest BCUT2D eigenvalue weighted by Crippen LogP contribution is -2.04. The lowest BCUT2D eigenvalue weighted by molar-refractivity contribution is 0.112. The summed E-state index contributed by atoms with van der Waals surface area (Å²) in [6.45, 7) is 0. The molecule has 0 aliphatic carbocycles. The predicted molar refractivity (Wildman–Crippen MR) is 63.2 cm³/mol. The zero-order valence-electron chi connectivity index (χ0n) is 9.24. The van der Waals surface area contributed by atoms with Crippen LogP contribution in [0.4, 0.5) is 0 Å². The number of aromatic nitrogens is 4. The average molecular weight is 226 g/mol. The molecule has 5 nitrogen and oxygen atoms in total. The topological polar surface area (TPSA) is 52.7 Å². The van der Waals surface area contributed by atoms with E-state index in [2.05, 4.69) is 10.1 Å². The summed E-state index contributed by atoms with van der Waals surface area (Å²) < 4.78 is 3.53. The van der Waals surface area contributed by atoms with Crippen LogP contribution >= 0.6 is 0 Å². The molecule has 84 valence electrons. The van der Waals surface area contributed by atoms with E-state index < -0.39 is 0 Å². The second-order valence-electron chi connectivity index (χ2n) is 3.77. The third-order valence-corrected chi connectivity index (χ3v) is 2.74. The Morgan fingerprint density at radius 3 is 3.06 bits per heavy atom. The van der Waals surface area contributed by atoms with Crippen LogP contribution in [-0.2, 0) is 7.05 Å². The van der Waals surface area contributed by atoms with E-state index in [4.69, 9.17) is 0 Å². The van der Waals surface area contributed by atoms with E-state index in [-0.39, 0.29) is 0 Å². The van der Waals surface area contributed by atoms with Gasteiger partial charge in [-0.2, -0.15) is 5.10 Å². The van der Waals surface area contributed by atoms with Crippen molar-refractivity contribution in [3.8, 4) is 5.82 Å². The Labute approximate surface area is 97.3 Å².